The molecule has 2 nitrogen and oxygen atoms in total. The minimum absolute atomic E-state index is 0.265. The topological polar surface area (TPSA) is 26.3 Å². The van der Waals surface area contributed by atoms with Crippen LogP contribution in [0, 0.1) is 5.92 Å². The van der Waals surface area contributed by atoms with Crippen molar-refractivity contribution in [2.45, 2.75) is 19.3 Å². The van der Waals surface area contributed by atoms with Crippen LogP contribution in [-0.4, -0.2) is 12.9 Å². The van der Waals surface area contributed by atoms with Crippen molar-refractivity contribution in [2.75, 3.05) is 7.11 Å². The first kappa shape index (κ1) is 11.3. The monoisotopic (exact) mass is 240 g/mol. The Hall–Kier alpha value is -1.83. The van der Waals surface area contributed by atoms with Crippen LogP contribution in [0.1, 0.15) is 29.6 Å². The number of benzene rings is 2. The smallest absolute Gasteiger partial charge is 0.165 e. The summed E-state index contributed by atoms with van der Waals surface area (Å²) in [6.07, 6.45) is 3.31. The fourth-order valence-electron chi connectivity index (χ4n) is 2.41. The first-order chi connectivity index (χ1) is 8.78. The first-order valence-electron chi connectivity index (χ1n) is 6.40. The third-order valence-corrected chi connectivity index (χ3v) is 3.81. The predicted molar refractivity (Wildman–Crippen MR) is 72.2 cm³/mol. The van der Waals surface area contributed by atoms with Gasteiger partial charge in [-0.1, -0.05) is 24.6 Å². The zero-order valence-corrected chi connectivity index (χ0v) is 10.5. The van der Waals surface area contributed by atoms with Gasteiger partial charge in [0.05, 0.1) is 7.11 Å². The molecular formula is C16H16O2. The molecule has 0 aromatic heterocycles. The van der Waals surface area contributed by atoms with Gasteiger partial charge in [0.2, 0.25) is 0 Å². The van der Waals surface area contributed by atoms with Gasteiger partial charge in [-0.15, -0.1) is 0 Å². The van der Waals surface area contributed by atoms with Crippen LogP contribution in [0.3, 0.4) is 0 Å². The van der Waals surface area contributed by atoms with E-state index in [0.717, 1.165) is 34.9 Å². The van der Waals surface area contributed by atoms with Crippen LogP contribution < -0.4 is 4.74 Å². The van der Waals surface area contributed by atoms with Gasteiger partial charge in [-0.3, -0.25) is 4.79 Å². The average Bonchev–Trinajstić information content (AvgIpc) is 2.35. The Morgan fingerprint density at radius 2 is 1.83 bits per heavy atom. The molecule has 0 bridgehead atoms. The molecular weight excluding hydrogens is 224 g/mol. The van der Waals surface area contributed by atoms with E-state index in [1.807, 2.05) is 36.4 Å². The van der Waals surface area contributed by atoms with E-state index in [1.165, 1.54) is 6.42 Å². The largest absolute Gasteiger partial charge is 0.497 e. The van der Waals surface area contributed by atoms with Crippen LogP contribution in [0.25, 0.3) is 10.8 Å². The van der Waals surface area contributed by atoms with Gasteiger partial charge in [0.1, 0.15) is 5.75 Å². The van der Waals surface area contributed by atoms with E-state index in [1.54, 1.807) is 7.11 Å². The highest BCUT2D eigenvalue weighted by atomic mass is 16.5. The number of hydrogen-bond acceptors (Lipinski definition) is 2. The van der Waals surface area contributed by atoms with Crippen molar-refractivity contribution in [3.8, 4) is 5.75 Å². The second-order valence-corrected chi connectivity index (χ2v) is 4.92. The number of fused-ring (bicyclic) bond motifs is 1. The lowest BCUT2D eigenvalue weighted by atomic mass is 9.80. The Labute approximate surface area is 107 Å². The Balaban J connectivity index is 1.97. The number of carbonyl (C=O) groups excluding carboxylic acids is 1. The van der Waals surface area contributed by atoms with Crippen LogP contribution in [-0.2, 0) is 0 Å². The zero-order chi connectivity index (χ0) is 12.5. The lowest BCUT2D eigenvalue weighted by Gasteiger charge is -2.23. The number of ether oxygens (including phenoxy) is 1. The molecule has 2 aromatic carbocycles. The third-order valence-electron chi connectivity index (χ3n) is 3.81. The number of hydrogen-bond donors (Lipinski definition) is 0. The molecule has 0 spiro atoms. The van der Waals surface area contributed by atoms with Gasteiger partial charge in [0.25, 0.3) is 0 Å². The van der Waals surface area contributed by atoms with E-state index in [4.69, 9.17) is 4.74 Å². The number of Topliss-reactive ketones (excluding diaryl/α,β-unsaturated/α-hetero) is 1. The van der Waals surface area contributed by atoms with E-state index >= 15 is 0 Å². The first-order valence-corrected chi connectivity index (χ1v) is 6.40. The Bertz CT molecular complexity index is 597. The molecule has 0 aliphatic heterocycles. The summed E-state index contributed by atoms with van der Waals surface area (Å²) >= 11 is 0. The van der Waals surface area contributed by atoms with Crippen molar-refractivity contribution >= 4 is 16.6 Å². The molecule has 1 aliphatic carbocycles. The fourth-order valence-corrected chi connectivity index (χ4v) is 2.41. The molecule has 1 saturated carbocycles. The summed E-state index contributed by atoms with van der Waals surface area (Å²) in [5.74, 6) is 1.42. The maximum atomic E-state index is 12.2. The van der Waals surface area contributed by atoms with Gasteiger partial charge >= 0.3 is 0 Å². The summed E-state index contributed by atoms with van der Waals surface area (Å²) in [4.78, 5) is 12.2. The normalized spacial score (nSPS) is 15.4. The Morgan fingerprint density at radius 3 is 2.50 bits per heavy atom. The highest BCUT2D eigenvalue weighted by molar-refractivity contribution is 6.01. The van der Waals surface area contributed by atoms with Crippen molar-refractivity contribution in [3.63, 3.8) is 0 Å². The standard InChI is InChI=1S/C16H16O2/c1-18-15-8-7-12-9-14(6-5-13(12)10-15)16(17)11-3-2-4-11/h5-11H,2-4H2,1H3. The van der Waals surface area contributed by atoms with Crippen molar-refractivity contribution in [2.24, 2.45) is 5.92 Å². The minimum Gasteiger partial charge on any atom is -0.497 e. The molecule has 2 heteroatoms. The molecule has 0 atom stereocenters. The average molecular weight is 240 g/mol. The van der Waals surface area contributed by atoms with Gasteiger partial charge in [0, 0.05) is 11.5 Å². The summed E-state index contributed by atoms with van der Waals surface area (Å²) < 4.78 is 5.20. The van der Waals surface area contributed by atoms with Crippen molar-refractivity contribution < 1.29 is 9.53 Å². The van der Waals surface area contributed by atoms with Gasteiger partial charge in [0.15, 0.2) is 5.78 Å². The Morgan fingerprint density at radius 1 is 1.11 bits per heavy atom. The molecule has 0 heterocycles. The quantitative estimate of drug-likeness (QED) is 0.762. The number of methoxy groups -OCH3 is 1. The summed E-state index contributed by atoms with van der Waals surface area (Å²) in [7, 11) is 1.66. The molecule has 3 rings (SSSR count). The summed E-state index contributed by atoms with van der Waals surface area (Å²) in [6.45, 7) is 0. The molecule has 0 unspecified atom stereocenters. The molecule has 1 fully saturated rings. The molecule has 0 N–H and O–H groups in total. The molecule has 0 amide bonds. The molecule has 0 saturated heterocycles. The molecule has 1 aliphatic rings. The maximum Gasteiger partial charge on any atom is 0.165 e. The second-order valence-electron chi connectivity index (χ2n) is 4.92. The zero-order valence-electron chi connectivity index (χ0n) is 10.5. The number of rotatable bonds is 3. The Kier molecular flexibility index (Phi) is 2.78. The van der Waals surface area contributed by atoms with E-state index in [-0.39, 0.29) is 5.92 Å². The van der Waals surface area contributed by atoms with Crippen LogP contribution in [0.2, 0.25) is 0 Å². The van der Waals surface area contributed by atoms with Gasteiger partial charge < -0.3 is 4.74 Å². The van der Waals surface area contributed by atoms with E-state index in [2.05, 4.69) is 0 Å². The molecule has 18 heavy (non-hydrogen) atoms. The lowest BCUT2D eigenvalue weighted by Crippen LogP contribution is -2.21. The second kappa shape index (κ2) is 4.45. The van der Waals surface area contributed by atoms with E-state index in [0.29, 0.717) is 5.78 Å². The van der Waals surface area contributed by atoms with E-state index in [9.17, 15) is 4.79 Å². The predicted octanol–water partition coefficient (Wildman–Crippen LogP) is 3.83. The lowest BCUT2D eigenvalue weighted by molar-refractivity contribution is 0.0855. The van der Waals surface area contributed by atoms with Gasteiger partial charge in [-0.25, -0.2) is 0 Å². The highest BCUT2D eigenvalue weighted by Crippen LogP contribution is 2.31. The molecule has 0 radical (unpaired) electrons. The summed E-state index contributed by atoms with van der Waals surface area (Å²) in [5, 5.41) is 2.21. The fraction of sp³-hybridized carbons (Fsp3) is 0.312. The third kappa shape index (κ3) is 1.88. The maximum absolute atomic E-state index is 12.2. The SMILES string of the molecule is COc1ccc2cc(C(=O)C3CCC3)ccc2c1. The summed E-state index contributed by atoms with van der Waals surface area (Å²) in [5.41, 5.74) is 0.845. The van der Waals surface area contributed by atoms with Gasteiger partial charge in [-0.2, -0.15) is 0 Å². The minimum atomic E-state index is 0.265. The molecule has 2 aromatic rings. The molecule has 92 valence electrons. The van der Waals surface area contributed by atoms with Crippen LogP contribution in [0.15, 0.2) is 36.4 Å². The van der Waals surface area contributed by atoms with E-state index < -0.39 is 0 Å². The van der Waals surface area contributed by atoms with Gasteiger partial charge in [-0.05, 0) is 41.8 Å². The van der Waals surface area contributed by atoms with Crippen molar-refractivity contribution in [1.29, 1.82) is 0 Å². The van der Waals surface area contributed by atoms with Crippen molar-refractivity contribution in [3.05, 3.63) is 42.0 Å². The van der Waals surface area contributed by atoms with Crippen molar-refractivity contribution in [1.82, 2.24) is 0 Å². The highest BCUT2D eigenvalue weighted by Gasteiger charge is 2.26. The van der Waals surface area contributed by atoms with Crippen LogP contribution in [0.5, 0.6) is 5.75 Å². The summed E-state index contributed by atoms with van der Waals surface area (Å²) in [6, 6.07) is 11.9. The van der Waals surface area contributed by atoms with Crippen LogP contribution >= 0.6 is 0 Å². The van der Waals surface area contributed by atoms with Crippen LogP contribution in [0.4, 0.5) is 0 Å². The number of ketones is 1. The number of carbonyl (C=O) groups is 1.